The maximum absolute atomic E-state index is 2.27. The Morgan fingerprint density at radius 2 is 2.40 bits per heavy atom. The molecule has 1 aromatic rings. The summed E-state index contributed by atoms with van der Waals surface area (Å²) in [5.41, 5.74) is 1.46. The fraction of sp³-hybridized carbons (Fsp3) is 0.333. The molecule has 52 valence electrons. The molecule has 10 heavy (non-hydrogen) atoms. The van der Waals surface area contributed by atoms with Crippen molar-refractivity contribution in [3.05, 3.63) is 6.07 Å². The number of thioether (sulfide) groups is 1. The molecule has 0 saturated carbocycles. The van der Waals surface area contributed by atoms with Crippen molar-refractivity contribution in [2.75, 3.05) is 6.26 Å². The third-order valence-corrected chi connectivity index (χ3v) is 3.97. The van der Waals surface area contributed by atoms with Gasteiger partial charge in [0.2, 0.25) is 0 Å². The maximum atomic E-state index is 2.27. The molecule has 0 radical (unpaired) electrons. The van der Waals surface area contributed by atoms with Gasteiger partial charge in [-0.05, 0) is 17.1 Å². The van der Waals surface area contributed by atoms with Gasteiger partial charge in [0.25, 0.3) is 0 Å². The molecule has 0 fully saturated rings. The molecule has 0 aliphatic rings. The predicted octanol–water partition coefficient (Wildman–Crippen LogP) is -0.162. The van der Waals surface area contributed by atoms with Crippen LogP contribution in [0.4, 0.5) is 0 Å². The zero-order chi connectivity index (χ0) is 7.56. The van der Waals surface area contributed by atoms with Crippen LogP contribution in [0.15, 0.2) is 10.3 Å². The largest absolute Gasteiger partial charge is 0.167 e. The number of rotatable bonds is 2. The molecule has 1 heterocycles. The topological polar surface area (TPSA) is 0 Å². The lowest BCUT2D eigenvalue weighted by Crippen LogP contribution is -2.23. The standard InChI is InChI=1S/C6H10B2S2/c1-8-6-4(7)3-5(9-2)10-6/h3,8H,7H2,1-2H3. The Kier molecular flexibility index (Phi) is 2.93. The number of hydrogen-bond donors (Lipinski definition) is 0. The van der Waals surface area contributed by atoms with Crippen molar-refractivity contribution in [3.63, 3.8) is 0 Å². The average molecular weight is 168 g/mol. The zero-order valence-corrected chi connectivity index (χ0v) is 8.23. The molecule has 0 unspecified atom stereocenters. The molecule has 0 N–H and O–H groups in total. The van der Waals surface area contributed by atoms with E-state index in [1.807, 2.05) is 23.1 Å². The van der Waals surface area contributed by atoms with Crippen LogP contribution in [0.1, 0.15) is 0 Å². The summed E-state index contributed by atoms with van der Waals surface area (Å²) in [5.74, 6) is 0. The molecule has 1 aromatic heterocycles. The summed E-state index contributed by atoms with van der Waals surface area (Å²) in [6, 6.07) is 2.27. The van der Waals surface area contributed by atoms with E-state index in [4.69, 9.17) is 0 Å². The van der Waals surface area contributed by atoms with E-state index in [9.17, 15) is 0 Å². The summed E-state index contributed by atoms with van der Waals surface area (Å²) in [7, 11) is 3.37. The minimum Gasteiger partial charge on any atom is -0.145 e. The highest BCUT2D eigenvalue weighted by molar-refractivity contribution is 8.00. The van der Waals surface area contributed by atoms with Gasteiger partial charge in [-0.2, -0.15) is 0 Å². The predicted molar refractivity (Wildman–Crippen MR) is 56.9 cm³/mol. The van der Waals surface area contributed by atoms with Gasteiger partial charge in [-0.15, -0.1) is 23.1 Å². The molecule has 0 aliphatic carbocycles. The monoisotopic (exact) mass is 168 g/mol. The van der Waals surface area contributed by atoms with Gasteiger partial charge < -0.3 is 0 Å². The van der Waals surface area contributed by atoms with Crippen LogP contribution in [0, 0.1) is 0 Å². The van der Waals surface area contributed by atoms with Gasteiger partial charge in [0.1, 0.15) is 7.85 Å². The van der Waals surface area contributed by atoms with Crippen molar-refractivity contribution in [3.8, 4) is 0 Å². The lowest BCUT2D eigenvalue weighted by Gasteiger charge is -1.86. The normalized spacial score (nSPS) is 9.80. The van der Waals surface area contributed by atoms with E-state index in [1.54, 1.807) is 0 Å². The van der Waals surface area contributed by atoms with Crippen molar-refractivity contribution < 1.29 is 0 Å². The summed E-state index contributed by atoms with van der Waals surface area (Å²) < 4.78 is 2.97. The lowest BCUT2D eigenvalue weighted by molar-refractivity contribution is 1.78. The second-order valence-corrected chi connectivity index (χ2v) is 4.47. The van der Waals surface area contributed by atoms with Crippen LogP contribution in [0.3, 0.4) is 0 Å². The second kappa shape index (κ2) is 3.54. The van der Waals surface area contributed by atoms with Gasteiger partial charge in [-0.1, -0.05) is 12.3 Å². The van der Waals surface area contributed by atoms with Crippen LogP contribution < -0.4 is 10.2 Å². The van der Waals surface area contributed by atoms with Crippen LogP contribution in [0.5, 0.6) is 0 Å². The van der Waals surface area contributed by atoms with Gasteiger partial charge >= 0.3 is 0 Å². The number of hydrogen-bond acceptors (Lipinski definition) is 2. The first-order chi connectivity index (χ1) is 4.77. The van der Waals surface area contributed by atoms with E-state index in [-0.39, 0.29) is 0 Å². The van der Waals surface area contributed by atoms with E-state index in [0.717, 1.165) is 0 Å². The SMILES string of the molecule is Bc1cc(SC)sc1BC. The first kappa shape index (κ1) is 8.28. The molecule has 0 atom stereocenters. The van der Waals surface area contributed by atoms with E-state index in [0.29, 0.717) is 0 Å². The third-order valence-electron chi connectivity index (χ3n) is 1.52. The Hall–Kier alpha value is 0.180. The van der Waals surface area contributed by atoms with Crippen LogP contribution in [0.2, 0.25) is 6.82 Å². The Balaban J connectivity index is 2.92. The average Bonchev–Trinajstić information content (AvgIpc) is 2.30. The molecule has 0 aliphatic heterocycles. The molecule has 0 bridgehead atoms. The highest BCUT2D eigenvalue weighted by Gasteiger charge is 2.01. The first-order valence-corrected chi connectivity index (χ1v) is 5.45. The van der Waals surface area contributed by atoms with E-state index >= 15 is 0 Å². The van der Waals surface area contributed by atoms with Crippen molar-refractivity contribution >= 4 is 48.5 Å². The van der Waals surface area contributed by atoms with Gasteiger partial charge in [-0.25, -0.2) is 0 Å². The summed E-state index contributed by atoms with van der Waals surface area (Å²) in [4.78, 5) is 0. The summed E-state index contributed by atoms with van der Waals surface area (Å²) in [5, 5.41) is 0. The summed E-state index contributed by atoms with van der Waals surface area (Å²) >= 11 is 3.76. The molecular formula is C6H10B2S2. The zero-order valence-electron chi connectivity index (χ0n) is 6.60. The summed E-state index contributed by atoms with van der Waals surface area (Å²) in [6.45, 7) is 2.21. The Bertz CT molecular complexity index is 220. The van der Waals surface area contributed by atoms with Crippen LogP contribution in [-0.2, 0) is 0 Å². The van der Waals surface area contributed by atoms with Crippen LogP contribution in [-0.4, -0.2) is 21.4 Å². The Morgan fingerprint density at radius 3 is 2.70 bits per heavy atom. The van der Waals surface area contributed by atoms with Crippen LogP contribution >= 0.6 is 23.1 Å². The van der Waals surface area contributed by atoms with Crippen molar-refractivity contribution in [2.24, 2.45) is 0 Å². The van der Waals surface area contributed by atoms with Crippen molar-refractivity contribution in [1.82, 2.24) is 0 Å². The molecule has 0 nitrogen and oxygen atoms in total. The molecule has 0 spiro atoms. The third kappa shape index (κ3) is 1.61. The van der Waals surface area contributed by atoms with Gasteiger partial charge in [0, 0.05) is 0 Å². The van der Waals surface area contributed by atoms with E-state index in [1.165, 1.54) is 21.7 Å². The molecule has 1 rings (SSSR count). The number of thiophene rings is 1. The Labute approximate surface area is 72.1 Å². The quantitative estimate of drug-likeness (QED) is 0.436. The maximum Gasteiger partial charge on any atom is 0.167 e. The molecule has 4 heteroatoms. The Morgan fingerprint density at radius 1 is 1.70 bits per heavy atom. The minimum absolute atomic E-state index is 1.18. The minimum atomic E-state index is 1.18. The van der Waals surface area contributed by atoms with Gasteiger partial charge in [-0.3, -0.25) is 0 Å². The fourth-order valence-corrected chi connectivity index (χ4v) is 2.71. The molecule has 0 saturated heterocycles. The highest BCUT2D eigenvalue weighted by Crippen LogP contribution is 2.16. The smallest absolute Gasteiger partial charge is 0.145 e. The highest BCUT2D eigenvalue weighted by atomic mass is 32.2. The van der Waals surface area contributed by atoms with E-state index in [2.05, 4.69) is 27.0 Å². The second-order valence-electron chi connectivity index (χ2n) is 2.23. The lowest BCUT2D eigenvalue weighted by atomic mass is 9.74. The van der Waals surface area contributed by atoms with Gasteiger partial charge in [0.05, 0.1) is 4.21 Å². The molecular weight excluding hydrogens is 158 g/mol. The van der Waals surface area contributed by atoms with Crippen molar-refractivity contribution in [1.29, 1.82) is 0 Å². The van der Waals surface area contributed by atoms with E-state index < -0.39 is 0 Å². The first-order valence-electron chi connectivity index (χ1n) is 3.41. The summed E-state index contributed by atoms with van der Waals surface area (Å²) in [6.07, 6.45) is 2.13. The van der Waals surface area contributed by atoms with Crippen molar-refractivity contribution in [2.45, 2.75) is 11.0 Å². The van der Waals surface area contributed by atoms with Crippen LogP contribution in [0.25, 0.3) is 0 Å². The van der Waals surface area contributed by atoms with Gasteiger partial charge in [0.15, 0.2) is 7.28 Å². The molecule has 0 amide bonds. The molecule has 0 aromatic carbocycles. The fourth-order valence-electron chi connectivity index (χ4n) is 0.940.